The fraction of sp³-hybridized carbons (Fsp3) is 0.588. The van der Waals surface area contributed by atoms with E-state index >= 15 is 0 Å². The molecule has 116 valence electrons. The first-order chi connectivity index (χ1) is 9.73. The SMILES string of the molecule is Cc1ccc(NC2(C(C)(C)C)CCN(C(=O)O)CC2)cc1. The van der Waals surface area contributed by atoms with Crippen molar-refractivity contribution < 1.29 is 9.90 Å². The van der Waals surface area contributed by atoms with Gasteiger partial charge in [0, 0.05) is 24.3 Å². The highest BCUT2D eigenvalue weighted by atomic mass is 16.4. The van der Waals surface area contributed by atoms with E-state index in [1.165, 1.54) is 10.5 Å². The van der Waals surface area contributed by atoms with Crippen LogP contribution in [0, 0.1) is 12.3 Å². The molecule has 4 heteroatoms. The predicted octanol–water partition coefficient (Wildman–Crippen LogP) is 3.97. The van der Waals surface area contributed by atoms with Crippen molar-refractivity contribution in [2.45, 2.75) is 46.1 Å². The van der Waals surface area contributed by atoms with E-state index in [1.54, 1.807) is 0 Å². The van der Waals surface area contributed by atoms with Crippen molar-refractivity contribution in [1.82, 2.24) is 4.90 Å². The number of carbonyl (C=O) groups is 1. The third-order valence-corrected chi connectivity index (χ3v) is 4.76. The second kappa shape index (κ2) is 5.58. The Morgan fingerprint density at radius 1 is 1.19 bits per heavy atom. The van der Waals surface area contributed by atoms with Gasteiger partial charge in [-0.3, -0.25) is 0 Å². The minimum Gasteiger partial charge on any atom is -0.465 e. The lowest BCUT2D eigenvalue weighted by Crippen LogP contribution is -2.57. The van der Waals surface area contributed by atoms with Gasteiger partial charge in [-0.2, -0.15) is 0 Å². The summed E-state index contributed by atoms with van der Waals surface area (Å²) in [4.78, 5) is 12.6. The highest BCUT2D eigenvalue weighted by Gasteiger charge is 2.44. The van der Waals surface area contributed by atoms with Crippen molar-refractivity contribution in [3.05, 3.63) is 29.8 Å². The summed E-state index contributed by atoms with van der Waals surface area (Å²) in [6.45, 7) is 9.94. The Hall–Kier alpha value is -1.71. The topological polar surface area (TPSA) is 52.6 Å². The molecule has 4 nitrogen and oxygen atoms in total. The molecule has 0 aliphatic carbocycles. The molecule has 0 atom stereocenters. The first kappa shape index (κ1) is 15.7. The Kier molecular flexibility index (Phi) is 4.17. The van der Waals surface area contributed by atoms with Crippen LogP contribution in [0.15, 0.2) is 24.3 Å². The van der Waals surface area contributed by atoms with Gasteiger partial charge in [0.1, 0.15) is 0 Å². The molecule has 0 radical (unpaired) electrons. The zero-order valence-corrected chi connectivity index (χ0v) is 13.4. The zero-order valence-electron chi connectivity index (χ0n) is 13.4. The quantitative estimate of drug-likeness (QED) is 0.866. The van der Waals surface area contributed by atoms with Crippen molar-refractivity contribution in [2.24, 2.45) is 5.41 Å². The fourth-order valence-electron chi connectivity index (χ4n) is 3.06. The molecular weight excluding hydrogens is 264 g/mol. The summed E-state index contributed by atoms with van der Waals surface area (Å²) in [6.07, 6.45) is 0.848. The number of anilines is 1. The van der Waals surface area contributed by atoms with E-state index in [4.69, 9.17) is 5.11 Å². The molecule has 1 aromatic carbocycles. The number of hydrogen-bond donors (Lipinski definition) is 2. The van der Waals surface area contributed by atoms with Gasteiger partial charge in [0.25, 0.3) is 0 Å². The Bertz CT molecular complexity index is 495. The third-order valence-electron chi connectivity index (χ3n) is 4.76. The lowest BCUT2D eigenvalue weighted by atomic mass is 9.68. The molecule has 1 saturated heterocycles. The van der Waals surface area contributed by atoms with Gasteiger partial charge in [-0.15, -0.1) is 0 Å². The van der Waals surface area contributed by atoms with Crippen LogP contribution >= 0.6 is 0 Å². The summed E-state index contributed by atoms with van der Waals surface area (Å²) in [7, 11) is 0. The summed E-state index contributed by atoms with van der Waals surface area (Å²) >= 11 is 0. The minimum atomic E-state index is -0.812. The van der Waals surface area contributed by atoms with E-state index in [2.05, 4.69) is 57.3 Å². The minimum absolute atomic E-state index is 0.0580. The van der Waals surface area contributed by atoms with Crippen molar-refractivity contribution in [2.75, 3.05) is 18.4 Å². The monoisotopic (exact) mass is 290 g/mol. The second-order valence-corrected chi connectivity index (χ2v) is 7.09. The Morgan fingerprint density at radius 3 is 2.14 bits per heavy atom. The van der Waals surface area contributed by atoms with E-state index in [0.717, 1.165) is 18.5 Å². The first-order valence-corrected chi connectivity index (χ1v) is 7.56. The Morgan fingerprint density at radius 2 is 1.71 bits per heavy atom. The maximum atomic E-state index is 11.1. The number of carboxylic acid groups (broad SMARTS) is 1. The number of piperidine rings is 1. The highest BCUT2D eigenvalue weighted by molar-refractivity contribution is 5.65. The van der Waals surface area contributed by atoms with Crippen molar-refractivity contribution in [3.8, 4) is 0 Å². The van der Waals surface area contributed by atoms with E-state index in [9.17, 15) is 4.79 Å². The molecule has 0 aromatic heterocycles. The average molecular weight is 290 g/mol. The molecule has 0 saturated carbocycles. The van der Waals surface area contributed by atoms with Gasteiger partial charge in [0.2, 0.25) is 0 Å². The number of nitrogens with zero attached hydrogens (tertiary/aromatic N) is 1. The molecule has 1 aliphatic heterocycles. The van der Waals surface area contributed by atoms with Crippen molar-refractivity contribution in [3.63, 3.8) is 0 Å². The average Bonchev–Trinajstić information content (AvgIpc) is 2.41. The molecule has 1 heterocycles. The van der Waals surface area contributed by atoms with E-state index in [-0.39, 0.29) is 11.0 Å². The summed E-state index contributed by atoms with van der Waals surface area (Å²) in [5, 5.41) is 12.8. The van der Waals surface area contributed by atoms with Crippen LogP contribution < -0.4 is 5.32 Å². The molecule has 1 aliphatic rings. The lowest BCUT2D eigenvalue weighted by Gasteiger charge is -2.50. The fourth-order valence-corrected chi connectivity index (χ4v) is 3.06. The number of aryl methyl sites for hydroxylation is 1. The number of hydrogen-bond acceptors (Lipinski definition) is 2. The van der Waals surface area contributed by atoms with Crippen LogP contribution in [-0.4, -0.2) is 34.7 Å². The number of rotatable bonds is 2. The third kappa shape index (κ3) is 3.31. The van der Waals surface area contributed by atoms with Crippen LogP contribution in [0.1, 0.15) is 39.2 Å². The summed E-state index contributed by atoms with van der Waals surface area (Å²) in [5.74, 6) is 0. The normalized spacial score (nSPS) is 18.4. The van der Waals surface area contributed by atoms with Crippen LogP contribution in [0.3, 0.4) is 0 Å². The summed E-state index contributed by atoms with van der Waals surface area (Å²) < 4.78 is 0. The van der Waals surface area contributed by atoms with Crippen molar-refractivity contribution in [1.29, 1.82) is 0 Å². The Balaban J connectivity index is 2.20. The molecule has 2 rings (SSSR count). The van der Waals surface area contributed by atoms with Gasteiger partial charge in [0.05, 0.1) is 0 Å². The molecule has 0 unspecified atom stereocenters. The highest BCUT2D eigenvalue weighted by Crippen LogP contribution is 2.41. The van der Waals surface area contributed by atoms with Crippen molar-refractivity contribution >= 4 is 11.8 Å². The molecule has 21 heavy (non-hydrogen) atoms. The van der Waals surface area contributed by atoms with Crippen LogP contribution in [-0.2, 0) is 0 Å². The molecule has 1 amide bonds. The molecule has 2 N–H and O–H groups in total. The van der Waals surface area contributed by atoms with Gasteiger partial charge >= 0.3 is 6.09 Å². The van der Waals surface area contributed by atoms with Gasteiger partial charge in [-0.05, 0) is 37.3 Å². The van der Waals surface area contributed by atoms with Gasteiger partial charge in [-0.25, -0.2) is 4.79 Å². The maximum absolute atomic E-state index is 11.1. The summed E-state index contributed by atoms with van der Waals surface area (Å²) in [5.41, 5.74) is 2.34. The number of amides is 1. The van der Waals surface area contributed by atoms with E-state index in [0.29, 0.717) is 13.1 Å². The molecule has 0 bridgehead atoms. The predicted molar refractivity (Wildman–Crippen MR) is 85.8 cm³/mol. The number of nitrogens with one attached hydrogen (secondary N) is 1. The lowest BCUT2D eigenvalue weighted by molar-refractivity contribution is 0.0859. The van der Waals surface area contributed by atoms with Crippen LogP contribution in [0.4, 0.5) is 10.5 Å². The Labute approximate surface area is 127 Å². The largest absolute Gasteiger partial charge is 0.465 e. The van der Waals surface area contributed by atoms with Crippen LogP contribution in [0.2, 0.25) is 0 Å². The van der Waals surface area contributed by atoms with Crippen LogP contribution in [0.5, 0.6) is 0 Å². The van der Waals surface area contributed by atoms with Gasteiger partial charge in [0.15, 0.2) is 0 Å². The molecule has 1 fully saturated rings. The summed E-state index contributed by atoms with van der Waals surface area (Å²) in [6, 6.07) is 8.41. The van der Waals surface area contributed by atoms with E-state index in [1.807, 2.05) is 0 Å². The second-order valence-electron chi connectivity index (χ2n) is 7.09. The van der Waals surface area contributed by atoms with E-state index < -0.39 is 6.09 Å². The molecule has 1 aromatic rings. The zero-order chi connectivity index (χ0) is 15.7. The number of likely N-dealkylation sites (tertiary alicyclic amines) is 1. The smallest absolute Gasteiger partial charge is 0.407 e. The van der Waals surface area contributed by atoms with Crippen LogP contribution in [0.25, 0.3) is 0 Å². The molecular formula is C17H26N2O2. The molecule has 0 spiro atoms. The number of benzene rings is 1. The maximum Gasteiger partial charge on any atom is 0.407 e. The van der Waals surface area contributed by atoms with Gasteiger partial charge in [-0.1, -0.05) is 38.5 Å². The standard InChI is InChI=1S/C17H26N2O2/c1-13-5-7-14(8-6-13)18-17(16(2,3)4)9-11-19(12-10-17)15(20)21/h5-8,18H,9-12H2,1-4H3,(H,20,21). The van der Waals surface area contributed by atoms with Gasteiger partial charge < -0.3 is 15.3 Å². The first-order valence-electron chi connectivity index (χ1n) is 7.56.